The number of guanidine groups is 1. The molecule has 27 heavy (non-hydrogen) atoms. The predicted molar refractivity (Wildman–Crippen MR) is 97.3 cm³/mol. The Balaban J connectivity index is 1.94. The van der Waals surface area contributed by atoms with E-state index in [0.29, 0.717) is 23.6 Å². The molecular weight excluding hydrogens is 359 g/mol. The molecule has 0 saturated heterocycles. The third-order valence-corrected chi connectivity index (χ3v) is 3.66. The normalized spacial score (nSPS) is 12.7. The van der Waals surface area contributed by atoms with Crippen molar-refractivity contribution in [2.75, 3.05) is 13.1 Å². The Hall–Kier alpha value is -2.74. The quantitative estimate of drug-likeness (QED) is 0.485. The lowest BCUT2D eigenvalue weighted by Crippen LogP contribution is -2.39. The number of rotatable bonds is 8. The second-order valence-electron chi connectivity index (χ2n) is 5.63. The summed E-state index contributed by atoms with van der Waals surface area (Å²) < 4.78 is 42.3. The largest absolute Gasteiger partial charge is 0.435 e. The van der Waals surface area contributed by atoms with Gasteiger partial charge in [0.1, 0.15) is 11.6 Å². The molecule has 146 valence electrons. The van der Waals surface area contributed by atoms with Crippen molar-refractivity contribution < 1.29 is 23.0 Å². The minimum Gasteiger partial charge on any atom is -0.435 e. The first-order chi connectivity index (χ1) is 13.0. The number of hydrogen-bond donors (Lipinski definition) is 3. The smallest absolute Gasteiger partial charge is 0.387 e. The van der Waals surface area contributed by atoms with Crippen molar-refractivity contribution >= 4 is 5.96 Å². The lowest BCUT2D eigenvalue weighted by molar-refractivity contribution is -0.0498. The van der Waals surface area contributed by atoms with Crippen LogP contribution < -0.4 is 15.4 Å². The van der Waals surface area contributed by atoms with Gasteiger partial charge in [0, 0.05) is 18.7 Å². The Morgan fingerprint density at radius 1 is 1.11 bits per heavy atom. The van der Waals surface area contributed by atoms with E-state index in [4.69, 9.17) is 0 Å². The Labute approximate surface area is 155 Å². The second-order valence-corrected chi connectivity index (χ2v) is 5.63. The molecule has 1 atom stereocenters. The SMILES string of the molecule is CCNC(=NCc1ccccc1F)NCC(O)c1ccc(OC(F)F)cc1. The van der Waals surface area contributed by atoms with E-state index in [0.717, 1.165) is 0 Å². The van der Waals surface area contributed by atoms with E-state index < -0.39 is 12.7 Å². The number of nitrogens with one attached hydrogen (secondary N) is 2. The van der Waals surface area contributed by atoms with Gasteiger partial charge in [-0.1, -0.05) is 30.3 Å². The number of aliphatic hydroxyl groups excluding tert-OH is 1. The topological polar surface area (TPSA) is 65.9 Å². The molecule has 3 N–H and O–H groups in total. The highest BCUT2D eigenvalue weighted by Gasteiger charge is 2.10. The van der Waals surface area contributed by atoms with Gasteiger partial charge in [-0.15, -0.1) is 0 Å². The summed E-state index contributed by atoms with van der Waals surface area (Å²) in [6.07, 6.45) is -0.886. The number of alkyl halides is 2. The van der Waals surface area contributed by atoms with Crippen LogP contribution in [-0.4, -0.2) is 30.8 Å². The van der Waals surface area contributed by atoms with Crippen LogP contribution in [0.25, 0.3) is 0 Å². The van der Waals surface area contributed by atoms with Crippen LogP contribution in [0.4, 0.5) is 13.2 Å². The fourth-order valence-corrected chi connectivity index (χ4v) is 2.32. The summed E-state index contributed by atoms with van der Waals surface area (Å²) >= 11 is 0. The highest BCUT2D eigenvalue weighted by molar-refractivity contribution is 5.79. The van der Waals surface area contributed by atoms with Crippen LogP contribution in [-0.2, 0) is 6.54 Å². The number of hydrogen-bond acceptors (Lipinski definition) is 3. The van der Waals surface area contributed by atoms with Crippen LogP contribution in [0.5, 0.6) is 5.75 Å². The van der Waals surface area contributed by atoms with Crippen LogP contribution in [0, 0.1) is 5.82 Å². The monoisotopic (exact) mass is 381 g/mol. The van der Waals surface area contributed by atoms with E-state index in [-0.39, 0.29) is 24.7 Å². The molecule has 1 unspecified atom stereocenters. The summed E-state index contributed by atoms with van der Waals surface area (Å²) in [7, 11) is 0. The highest BCUT2D eigenvalue weighted by atomic mass is 19.3. The van der Waals surface area contributed by atoms with Gasteiger partial charge in [-0.3, -0.25) is 0 Å². The zero-order valence-corrected chi connectivity index (χ0v) is 14.8. The van der Waals surface area contributed by atoms with Gasteiger partial charge in [-0.25, -0.2) is 9.38 Å². The molecule has 0 saturated carbocycles. The fourth-order valence-electron chi connectivity index (χ4n) is 2.32. The van der Waals surface area contributed by atoms with Gasteiger partial charge < -0.3 is 20.5 Å². The van der Waals surface area contributed by atoms with Crippen molar-refractivity contribution in [3.05, 3.63) is 65.5 Å². The maximum absolute atomic E-state index is 13.7. The van der Waals surface area contributed by atoms with Crippen LogP contribution in [0.15, 0.2) is 53.5 Å². The molecule has 0 heterocycles. The van der Waals surface area contributed by atoms with Crippen molar-refractivity contribution in [3.63, 3.8) is 0 Å². The first kappa shape index (κ1) is 20.6. The van der Waals surface area contributed by atoms with E-state index in [1.54, 1.807) is 18.2 Å². The standard InChI is InChI=1S/C19H22F3N3O2/c1-2-23-19(24-11-14-5-3-4-6-16(14)20)25-12-17(26)13-7-9-15(10-8-13)27-18(21)22/h3-10,17-18,26H,2,11-12H2,1H3,(H2,23,24,25). The van der Waals surface area contributed by atoms with Crippen LogP contribution in [0.2, 0.25) is 0 Å². The van der Waals surface area contributed by atoms with Crippen LogP contribution in [0.3, 0.4) is 0 Å². The lowest BCUT2D eigenvalue weighted by Gasteiger charge is -2.16. The van der Waals surface area contributed by atoms with Gasteiger partial charge in [-0.05, 0) is 30.7 Å². The average molecular weight is 381 g/mol. The van der Waals surface area contributed by atoms with E-state index in [1.165, 1.54) is 30.3 Å². The molecule has 2 aromatic carbocycles. The lowest BCUT2D eigenvalue weighted by atomic mass is 10.1. The number of halogens is 3. The number of nitrogens with zero attached hydrogens (tertiary/aromatic N) is 1. The van der Waals surface area contributed by atoms with E-state index in [2.05, 4.69) is 20.4 Å². The molecule has 0 fully saturated rings. The number of aliphatic hydroxyl groups is 1. The zero-order chi connectivity index (χ0) is 19.6. The summed E-state index contributed by atoms with van der Waals surface area (Å²) in [5, 5.41) is 16.2. The summed E-state index contributed by atoms with van der Waals surface area (Å²) in [5.41, 5.74) is 0.999. The second kappa shape index (κ2) is 10.4. The van der Waals surface area contributed by atoms with Crippen molar-refractivity contribution in [3.8, 4) is 5.75 Å². The van der Waals surface area contributed by atoms with Crippen LogP contribution in [0.1, 0.15) is 24.2 Å². The first-order valence-electron chi connectivity index (χ1n) is 8.48. The van der Waals surface area contributed by atoms with Crippen molar-refractivity contribution in [1.29, 1.82) is 0 Å². The minimum atomic E-state index is -2.89. The number of aliphatic imine (C=N–C) groups is 1. The van der Waals surface area contributed by atoms with E-state index in [9.17, 15) is 18.3 Å². The molecular formula is C19H22F3N3O2. The minimum absolute atomic E-state index is 0.0219. The Bertz CT molecular complexity index is 739. The molecule has 0 amide bonds. The third kappa shape index (κ3) is 6.82. The zero-order valence-electron chi connectivity index (χ0n) is 14.8. The molecule has 0 aliphatic rings. The van der Waals surface area contributed by atoms with Gasteiger partial charge in [0.2, 0.25) is 0 Å². The van der Waals surface area contributed by atoms with E-state index >= 15 is 0 Å². The molecule has 8 heteroatoms. The molecule has 5 nitrogen and oxygen atoms in total. The average Bonchev–Trinajstić information content (AvgIpc) is 2.65. The molecule has 0 aliphatic carbocycles. The van der Waals surface area contributed by atoms with E-state index in [1.807, 2.05) is 6.92 Å². The van der Waals surface area contributed by atoms with Crippen molar-refractivity contribution in [1.82, 2.24) is 10.6 Å². The molecule has 0 aromatic heterocycles. The van der Waals surface area contributed by atoms with Crippen molar-refractivity contribution in [2.24, 2.45) is 4.99 Å². The molecule has 2 aromatic rings. The molecule has 0 spiro atoms. The molecule has 0 aliphatic heterocycles. The Kier molecular flexibility index (Phi) is 7.94. The number of ether oxygens (including phenoxy) is 1. The van der Waals surface area contributed by atoms with Crippen molar-refractivity contribution in [2.45, 2.75) is 26.2 Å². The maximum Gasteiger partial charge on any atom is 0.387 e. The molecule has 0 radical (unpaired) electrons. The number of benzene rings is 2. The Morgan fingerprint density at radius 2 is 1.81 bits per heavy atom. The first-order valence-corrected chi connectivity index (χ1v) is 8.48. The van der Waals surface area contributed by atoms with Crippen LogP contribution >= 0.6 is 0 Å². The highest BCUT2D eigenvalue weighted by Crippen LogP contribution is 2.19. The Morgan fingerprint density at radius 3 is 2.44 bits per heavy atom. The summed E-state index contributed by atoms with van der Waals surface area (Å²) in [6.45, 7) is -0.122. The van der Waals surface area contributed by atoms with Gasteiger partial charge in [0.15, 0.2) is 5.96 Å². The molecule has 0 bridgehead atoms. The maximum atomic E-state index is 13.7. The van der Waals surface area contributed by atoms with Gasteiger partial charge in [-0.2, -0.15) is 8.78 Å². The third-order valence-electron chi connectivity index (χ3n) is 3.66. The van der Waals surface area contributed by atoms with Gasteiger partial charge in [0.05, 0.1) is 12.6 Å². The summed E-state index contributed by atoms with van der Waals surface area (Å²) in [4.78, 5) is 4.30. The fraction of sp³-hybridized carbons (Fsp3) is 0.316. The van der Waals surface area contributed by atoms with Gasteiger partial charge >= 0.3 is 6.61 Å². The van der Waals surface area contributed by atoms with Gasteiger partial charge in [0.25, 0.3) is 0 Å². The molecule has 2 rings (SSSR count). The predicted octanol–water partition coefficient (Wildman–Crippen LogP) is 3.22. The summed E-state index contributed by atoms with van der Waals surface area (Å²) in [6, 6.07) is 12.1. The summed E-state index contributed by atoms with van der Waals surface area (Å²) in [5.74, 6) is 0.120.